The lowest BCUT2D eigenvalue weighted by Gasteiger charge is -2.28. The third-order valence-corrected chi connectivity index (χ3v) is 13.4. The van der Waals surface area contributed by atoms with Gasteiger partial charge in [0.25, 0.3) is 5.88 Å². The fourth-order valence-corrected chi connectivity index (χ4v) is 10.2. The standard InChI is InChI=1S/C43H46F2N8O6S/c1-21(2)37(43(57)53-17-27(54)14-34(53)42(56)46-16-23-4-6-24(7-5-23)40-22(3)47-20-60-40)35-15-36(51-59-35)58-9-8-52-18-29-30(19-52)38(29)33-11-25-10-32(49-50-41(25)48-33)28-12-26(44)13-31(45)39(28)55/h4-7,10,12-13,15,20-21,27,29-30,33-34,37-38,54-55H,8-9,11,14,16-19H2,1-3H3,(H,46,56)(H,48,50)/t27-,29-,30+,33?,34+,37-,38+/m1/s1. The zero-order valence-electron chi connectivity index (χ0n) is 33.3. The number of carbonyl (C=O) groups excluding carboxylic acids is 2. The van der Waals surface area contributed by atoms with E-state index in [9.17, 15) is 28.6 Å². The fourth-order valence-electron chi connectivity index (χ4n) is 9.38. The second kappa shape index (κ2) is 16.2. The Morgan fingerprint density at radius 1 is 1.08 bits per heavy atom. The van der Waals surface area contributed by atoms with E-state index < -0.39 is 35.4 Å². The lowest BCUT2D eigenvalue weighted by Crippen LogP contribution is -2.48. The lowest BCUT2D eigenvalue weighted by atomic mass is 9.91. The Morgan fingerprint density at radius 2 is 1.87 bits per heavy atom. The molecule has 1 saturated carbocycles. The molecule has 1 aliphatic carbocycles. The number of phenolic OH excluding ortho intramolecular Hbond substituents is 1. The molecule has 3 aromatic heterocycles. The van der Waals surface area contributed by atoms with Crippen LogP contribution in [0.5, 0.6) is 11.6 Å². The molecule has 14 nitrogen and oxygen atoms in total. The molecule has 7 atom stereocenters. The number of anilines is 1. The van der Waals surface area contributed by atoms with Crippen LogP contribution in [0.15, 0.2) is 58.6 Å². The van der Waals surface area contributed by atoms with Gasteiger partial charge in [-0.2, -0.15) is 0 Å². The summed E-state index contributed by atoms with van der Waals surface area (Å²) in [6.45, 7) is 9.02. The third-order valence-electron chi connectivity index (χ3n) is 12.4. The van der Waals surface area contributed by atoms with Gasteiger partial charge in [0, 0.05) is 68.4 Å². The Bertz CT molecular complexity index is 2400. The molecule has 5 aromatic rings. The molecule has 6 heterocycles. The number of thiazole rings is 1. The molecule has 2 amide bonds. The second-order valence-corrected chi connectivity index (χ2v) is 17.6. The number of hydrogen-bond acceptors (Lipinski definition) is 13. The highest BCUT2D eigenvalue weighted by molar-refractivity contribution is 7.13. The van der Waals surface area contributed by atoms with E-state index in [1.807, 2.05) is 50.5 Å². The Kier molecular flexibility index (Phi) is 10.7. The molecule has 3 aliphatic heterocycles. The quantitative estimate of drug-likeness (QED) is 0.123. The van der Waals surface area contributed by atoms with Gasteiger partial charge in [0.2, 0.25) is 11.8 Å². The number of rotatable bonds is 13. The Labute approximate surface area is 349 Å². The summed E-state index contributed by atoms with van der Waals surface area (Å²) in [6, 6.07) is 12.3. The first-order chi connectivity index (χ1) is 28.9. The summed E-state index contributed by atoms with van der Waals surface area (Å²) >= 11 is 1.58. The van der Waals surface area contributed by atoms with Crippen LogP contribution in [0.3, 0.4) is 0 Å². The predicted octanol–water partition coefficient (Wildman–Crippen LogP) is 5.16. The molecule has 0 radical (unpaired) electrons. The number of fused-ring (bicyclic) bond motifs is 2. The molecular formula is C43H46F2N8O6S. The monoisotopic (exact) mass is 840 g/mol. The van der Waals surface area contributed by atoms with E-state index >= 15 is 0 Å². The van der Waals surface area contributed by atoms with Gasteiger partial charge in [0.15, 0.2) is 23.1 Å². The number of phenols is 1. The number of nitrogens with one attached hydrogen (secondary N) is 2. The minimum Gasteiger partial charge on any atom is -0.504 e. The van der Waals surface area contributed by atoms with Crippen molar-refractivity contribution in [3.63, 3.8) is 0 Å². The van der Waals surface area contributed by atoms with Crippen LogP contribution in [-0.2, 0) is 22.6 Å². The van der Waals surface area contributed by atoms with E-state index in [-0.39, 0.29) is 60.4 Å². The molecule has 2 aromatic carbocycles. The van der Waals surface area contributed by atoms with Gasteiger partial charge in [-0.25, -0.2) is 13.8 Å². The summed E-state index contributed by atoms with van der Waals surface area (Å²) < 4.78 is 39.5. The maximum atomic E-state index is 14.1. The zero-order valence-corrected chi connectivity index (χ0v) is 34.2. The van der Waals surface area contributed by atoms with Crippen LogP contribution in [0.25, 0.3) is 21.7 Å². The largest absolute Gasteiger partial charge is 0.504 e. The molecule has 0 spiro atoms. The Balaban J connectivity index is 0.747. The maximum absolute atomic E-state index is 14.1. The van der Waals surface area contributed by atoms with Crippen LogP contribution in [-0.4, -0.2) is 103 Å². The van der Waals surface area contributed by atoms with Gasteiger partial charge < -0.3 is 35.0 Å². The summed E-state index contributed by atoms with van der Waals surface area (Å²) in [5, 5.41) is 39.7. The number of halogens is 2. The summed E-state index contributed by atoms with van der Waals surface area (Å²) in [4.78, 5) is 36.8. The van der Waals surface area contributed by atoms with Crippen LogP contribution in [0.2, 0.25) is 0 Å². The van der Waals surface area contributed by atoms with Crippen LogP contribution in [0.1, 0.15) is 48.8 Å². The van der Waals surface area contributed by atoms with E-state index in [1.54, 1.807) is 23.5 Å². The van der Waals surface area contributed by atoms with Crippen LogP contribution < -0.4 is 15.4 Å². The first-order valence-electron chi connectivity index (χ1n) is 20.3. The van der Waals surface area contributed by atoms with Crippen molar-refractivity contribution in [1.29, 1.82) is 0 Å². The number of benzene rings is 2. The number of aliphatic hydroxyl groups excluding tert-OH is 1. The van der Waals surface area contributed by atoms with Crippen molar-refractivity contribution < 1.29 is 37.8 Å². The molecular weight excluding hydrogens is 795 g/mol. The number of aromatic nitrogens is 4. The van der Waals surface area contributed by atoms with Crippen molar-refractivity contribution in [1.82, 2.24) is 35.5 Å². The molecule has 60 heavy (non-hydrogen) atoms. The molecule has 4 N–H and O–H groups in total. The number of carbonyl (C=O) groups is 2. The normalized spacial score (nSPS) is 23.7. The highest BCUT2D eigenvalue weighted by Crippen LogP contribution is 2.55. The number of hydrogen-bond donors (Lipinski definition) is 4. The second-order valence-electron chi connectivity index (χ2n) is 16.7. The number of amides is 2. The van der Waals surface area contributed by atoms with Crippen molar-refractivity contribution >= 4 is 29.0 Å². The number of nitrogens with zero attached hydrogens (tertiary/aromatic N) is 6. The van der Waals surface area contributed by atoms with Crippen molar-refractivity contribution in [3.05, 3.63) is 88.3 Å². The first kappa shape index (κ1) is 39.9. The lowest BCUT2D eigenvalue weighted by molar-refractivity contribution is -0.141. The van der Waals surface area contributed by atoms with E-state index in [0.717, 1.165) is 46.4 Å². The molecule has 9 rings (SSSR count). The molecule has 1 unspecified atom stereocenters. The molecule has 17 heteroatoms. The summed E-state index contributed by atoms with van der Waals surface area (Å²) in [5.41, 5.74) is 5.86. The molecule has 3 fully saturated rings. The van der Waals surface area contributed by atoms with Gasteiger partial charge in [0.1, 0.15) is 24.4 Å². The van der Waals surface area contributed by atoms with Crippen molar-refractivity contribution in [2.75, 3.05) is 38.1 Å². The SMILES string of the molecule is Cc1ncsc1-c1ccc(CNC(=O)[C@@H]2C[C@@H](O)CN2C(=O)[C@@H](c2cc(OCCN3C[C@@H]4[C@H](C3)[C@H]4C3Cc4cc(-c5cc(F)cc(F)c5O)nnc4N3)no2)C(C)C)cc1. The van der Waals surface area contributed by atoms with Gasteiger partial charge in [-0.05, 0) is 65.4 Å². The summed E-state index contributed by atoms with van der Waals surface area (Å²) in [7, 11) is 0. The molecule has 314 valence electrons. The average molecular weight is 841 g/mol. The number of aromatic hydroxyl groups is 1. The van der Waals surface area contributed by atoms with Gasteiger partial charge in [-0.1, -0.05) is 38.1 Å². The number of aliphatic hydroxyl groups is 1. The molecule has 0 bridgehead atoms. The topological polar surface area (TPSA) is 179 Å². The maximum Gasteiger partial charge on any atom is 0.254 e. The molecule has 2 saturated heterocycles. The van der Waals surface area contributed by atoms with Gasteiger partial charge >= 0.3 is 0 Å². The smallest absolute Gasteiger partial charge is 0.254 e. The number of aryl methyl sites for hydroxylation is 1. The van der Waals surface area contributed by atoms with E-state index in [0.29, 0.717) is 55.0 Å². The van der Waals surface area contributed by atoms with Gasteiger partial charge in [-0.3, -0.25) is 14.5 Å². The van der Waals surface area contributed by atoms with Crippen LogP contribution >= 0.6 is 11.3 Å². The van der Waals surface area contributed by atoms with E-state index in [2.05, 4.69) is 35.9 Å². The number of β-amino-alcohol motifs (C(OH)–C–C–N with tert-alkyl or cyclic N) is 1. The Hall–Kier alpha value is -5.52. The van der Waals surface area contributed by atoms with Crippen LogP contribution in [0, 0.1) is 42.2 Å². The number of piperidine rings is 1. The third kappa shape index (κ3) is 7.81. The molecule has 4 aliphatic rings. The number of ether oxygens (including phenoxy) is 1. The highest BCUT2D eigenvalue weighted by Gasteiger charge is 2.59. The van der Waals surface area contributed by atoms with Gasteiger partial charge in [-0.15, -0.1) is 21.5 Å². The minimum atomic E-state index is -1.05. The predicted molar refractivity (Wildman–Crippen MR) is 217 cm³/mol. The number of likely N-dealkylation sites (tertiary alicyclic amines) is 2. The fraction of sp³-hybridized carbons (Fsp3) is 0.442. The van der Waals surface area contributed by atoms with E-state index in [4.69, 9.17) is 9.26 Å². The van der Waals surface area contributed by atoms with Crippen LogP contribution in [0.4, 0.5) is 14.6 Å². The van der Waals surface area contributed by atoms with E-state index in [1.165, 1.54) is 4.90 Å². The summed E-state index contributed by atoms with van der Waals surface area (Å²) in [6.07, 6.45) is 0.0244. The zero-order chi connectivity index (χ0) is 41.8. The summed E-state index contributed by atoms with van der Waals surface area (Å²) in [5.74, 6) is -1.29. The minimum absolute atomic E-state index is 0.0301. The van der Waals surface area contributed by atoms with Crippen molar-refractivity contribution in [3.8, 4) is 33.3 Å². The highest BCUT2D eigenvalue weighted by atomic mass is 32.1. The van der Waals surface area contributed by atoms with Gasteiger partial charge in [0.05, 0.1) is 27.9 Å². The first-order valence-corrected chi connectivity index (χ1v) is 21.2. The Morgan fingerprint density at radius 3 is 2.60 bits per heavy atom. The van der Waals surface area contributed by atoms with Crippen molar-refractivity contribution in [2.45, 2.75) is 64.3 Å². The average Bonchev–Trinajstić information content (AvgIpc) is 3.92. The van der Waals surface area contributed by atoms with Crippen molar-refractivity contribution in [2.24, 2.45) is 23.7 Å².